The van der Waals surface area contributed by atoms with Crippen molar-refractivity contribution in [2.24, 2.45) is 5.73 Å². The molecule has 110 valence electrons. The summed E-state index contributed by atoms with van der Waals surface area (Å²) in [5.41, 5.74) is 9.32. The highest BCUT2D eigenvalue weighted by atomic mass is 15.2. The number of hydrogen-bond donors (Lipinski definition) is 1. The number of nitrogens with zero attached hydrogens (tertiary/aromatic N) is 4. The zero-order valence-electron chi connectivity index (χ0n) is 12.6. The first-order valence-electron chi connectivity index (χ1n) is 7.47. The molecule has 0 aliphatic carbocycles. The second kappa shape index (κ2) is 5.77. The predicted octanol–water partition coefficient (Wildman–Crippen LogP) is 1.95. The fraction of sp³-hybridized carbons (Fsp3) is 0.438. The van der Waals surface area contributed by atoms with Gasteiger partial charge in [-0.1, -0.05) is 6.92 Å². The Morgan fingerprint density at radius 1 is 1.29 bits per heavy atom. The number of rotatable bonds is 3. The van der Waals surface area contributed by atoms with Crippen molar-refractivity contribution in [3.63, 3.8) is 0 Å². The zero-order chi connectivity index (χ0) is 14.8. The molecule has 1 saturated heterocycles. The predicted molar refractivity (Wildman–Crippen MR) is 84.2 cm³/mol. The van der Waals surface area contributed by atoms with Crippen LogP contribution in [0.4, 0.5) is 5.82 Å². The Morgan fingerprint density at radius 3 is 2.67 bits per heavy atom. The van der Waals surface area contributed by atoms with Gasteiger partial charge < -0.3 is 10.6 Å². The molecule has 0 spiro atoms. The largest absolute Gasteiger partial charge is 0.355 e. The Bertz CT molecular complexity index is 626. The van der Waals surface area contributed by atoms with E-state index in [2.05, 4.69) is 28.7 Å². The zero-order valence-corrected chi connectivity index (χ0v) is 12.6. The van der Waals surface area contributed by atoms with E-state index in [0.717, 1.165) is 48.8 Å². The van der Waals surface area contributed by atoms with Gasteiger partial charge >= 0.3 is 0 Å². The van der Waals surface area contributed by atoms with Gasteiger partial charge in [-0.25, -0.2) is 9.97 Å². The topological polar surface area (TPSA) is 67.9 Å². The number of pyridine rings is 1. The molecular formula is C16H21N5. The first-order valence-corrected chi connectivity index (χ1v) is 7.47. The minimum Gasteiger partial charge on any atom is -0.355 e. The summed E-state index contributed by atoms with van der Waals surface area (Å²) >= 11 is 0. The van der Waals surface area contributed by atoms with Crippen molar-refractivity contribution in [2.45, 2.75) is 32.7 Å². The molecule has 1 aliphatic rings. The lowest BCUT2D eigenvalue weighted by molar-refractivity contribution is 0.750. The SMILES string of the molecule is CCc1c(C)nc(-c2ccncc2)nc1N1CCC(N)C1. The number of nitrogens with two attached hydrogens (primary N) is 1. The maximum Gasteiger partial charge on any atom is 0.161 e. The minimum atomic E-state index is 0.245. The number of aromatic nitrogens is 3. The second-order valence-electron chi connectivity index (χ2n) is 5.52. The highest BCUT2D eigenvalue weighted by Gasteiger charge is 2.24. The molecule has 5 heteroatoms. The lowest BCUT2D eigenvalue weighted by Crippen LogP contribution is -2.28. The molecule has 2 N–H and O–H groups in total. The van der Waals surface area contributed by atoms with E-state index in [-0.39, 0.29) is 6.04 Å². The van der Waals surface area contributed by atoms with Crippen molar-refractivity contribution in [3.8, 4) is 11.4 Å². The number of hydrogen-bond acceptors (Lipinski definition) is 5. The molecule has 21 heavy (non-hydrogen) atoms. The summed E-state index contributed by atoms with van der Waals surface area (Å²) < 4.78 is 0. The van der Waals surface area contributed by atoms with Crippen LogP contribution in [0.3, 0.4) is 0 Å². The van der Waals surface area contributed by atoms with Gasteiger partial charge in [0.05, 0.1) is 0 Å². The van der Waals surface area contributed by atoms with Crippen molar-refractivity contribution in [1.82, 2.24) is 15.0 Å². The average Bonchev–Trinajstić information content (AvgIpc) is 2.94. The van der Waals surface area contributed by atoms with Crippen molar-refractivity contribution >= 4 is 5.82 Å². The molecule has 2 aromatic rings. The smallest absolute Gasteiger partial charge is 0.161 e. The molecule has 0 saturated carbocycles. The Labute approximate surface area is 125 Å². The van der Waals surface area contributed by atoms with E-state index in [0.29, 0.717) is 0 Å². The quantitative estimate of drug-likeness (QED) is 0.932. The molecule has 0 bridgehead atoms. The summed E-state index contributed by atoms with van der Waals surface area (Å²) in [6, 6.07) is 4.13. The Hall–Kier alpha value is -2.01. The van der Waals surface area contributed by atoms with Crippen LogP contribution in [0.25, 0.3) is 11.4 Å². The van der Waals surface area contributed by atoms with E-state index in [1.165, 1.54) is 5.56 Å². The molecule has 0 amide bonds. The van der Waals surface area contributed by atoms with Gasteiger partial charge in [0.2, 0.25) is 0 Å². The molecule has 0 radical (unpaired) electrons. The molecular weight excluding hydrogens is 262 g/mol. The summed E-state index contributed by atoms with van der Waals surface area (Å²) in [6.45, 7) is 6.06. The number of anilines is 1. The van der Waals surface area contributed by atoms with Gasteiger partial charge in [-0.3, -0.25) is 4.98 Å². The molecule has 1 aliphatic heterocycles. The second-order valence-corrected chi connectivity index (χ2v) is 5.52. The van der Waals surface area contributed by atoms with E-state index in [9.17, 15) is 0 Å². The molecule has 2 aromatic heterocycles. The lowest BCUT2D eigenvalue weighted by Gasteiger charge is -2.22. The summed E-state index contributed by atoms with van der Waals surface area (Å²) in [4.78, 5) is 15.8. The van der Waals surface area contributed by atoms with Crippen LogP contribution in [0.2, 0.25) is 0 Å². The van der Waals surface area contributed by atoms with Crippen molar-refractivity contribution in [3.05, 3.63) is 35.8 Å². The van der Waals surface area contributed by atoms with Crippen LogP contribution in [-0.4, -0.2) is 34.1 Å². The molecule has 1 fully saturated rings. The van der Waals surface area contributed by atoms with Gasteiger partial charge in [-0.05, 0) is 31.9 Å². The van der Waals surface area contributed by atoms with E-state index < -0.39 is 0 Å². The van der Waals surface area contributed by atoms with Gasteiger partial charge in [-0.2, -0.15) is 0 Å². The molecule has 3 rings (SSSR count). The first-order chi connectivity index (χ1) is 10.2. The van der Waals surface area contributed by atoms with Crippen molar-refractivity contribution < 1.29 is 0 Å². The van der Waals surface area contributed by atoms with Crippen molar-refractivity contribution in [2.75, 3.05) is 18.0 Å². The third-order valence-corrected chi connectivity index (χ3v) is 4.01. The Kier molecular flexibility index (Phi) is 3.84. The molecule has 0 aromatic carbocycles. The normalized spacial score (nSPS) is 18.2. The van der Waals surface area contributed by atoms with E-state index in [1.54, 1.807) is 12.4 Å². The standard InChI is InChI=1S/C16H21N5/c1-3-14-11(2)19-15(12-4-7-18-8-5-12)20-16(14)21-9-6-13(17)10-21/h4-5,7-8,13H,3,6,9-10,17H2,1-2H3. The molecule has 3 heterocycles. The van der Waals surface area contributed by atoms with Crippen LogP contribution in [0.1, 0.15) is 24.6 Å². The minimum absolute atomic E-state index is 0.245. The summed E-state index contributed by atoms with van der Waals surface area (Å²) in [5.74, 6) is 1.81. The van der Waals surface area contributed by atoms with E-state index in [1.807, 2.05) is 12.1 Å². The molecule has 5 nitrogen and oxygen atoms in total. The fourth-order valence-corrected chi connectivity index (χ4v) is 2.87. The van der Waals surface area contributed by atoms with Crippen LogP contribution in [0.15, 0.2) is 24.5 Å². The molecule has 1 unspecified atom stereocenters. The fourth-order valence-electron chi connectivity index (χ4n) is 2.87. The average molecular weight is 283 g/mol. The third kappa shape index (κ3) is 2.74. The van der Waals surface area contributed by atoms with Gasteiger partial charge in [0, 0.05) is 48.3 Å². The highest BCUT2D eigenvalue weighted by molar-refractivity contribution is 5.60. The van der Waals surface area contributed by atoms with E-state index in [4.69, 9.17) is 10.7 Å². The van der Waals surface area contributed by atoms with Crippen LogP contribution in [-0.2, 0) is 6.42 Å². The summed E-state index contributed by atoms with van der Waals surface area (Å²) in [7, 11) is 0. The number of aryl methyl sites for hydroxylation is 1. The maximum atomic E-state index is 6.05. The van der Waals surface area contributed by atoms with Gasteiger partial charge in [0.1, 0.15) is 5.82 Å². The van der Waals surface area contributed by atoms with Crippen LogP contribution >= 0.6 is 0 Å². The maximum absolute atomic E-state index is 6.05. The summed E-state index contributed by atoms with van der Waals surface area (Å²) in [6.07, 6.45) is 5.50. The lowest BCUT2D eigenvalue weighted by atomic mass is 10.1. The van der Waals surface area contributed by atoms with E-state index >= 15 is 0 Å². The monoisotopic (exact) mass is 283 g/mol. The third-order valence-electron chi connectivity index (χ3n) is 4.01. The van der Waals surface area contributed by atoms with Crippen LogP contribution in [0.5, 0.6) is 0 Å². The summed E-state index contributed by atoms with van der Waals surface area (Å²) in [5, 5.41) is 0. The van der Waals surface area contributed by atoms with Crippen molar-refractivity contribution in [1.29, 1.82) is 0 Å². The van der Waals surface area contributed by atoms with Gasteiger partial charge in [0.15, 0.2) is 5.82 Å². The Balaban J connectivity index is 2.07. The van der Waals surface area contributed by atoms with Crippen LogP contribution < -0.4 is 10.6 Å². The Morgan fingerprint density at radius 2 is 2.05 bits per heavy atom. The molecule has 1 atom stereocenters. The van der Waals surface area contributed by atoms with Gasteiger partial charge in [0.25, 0.3) is 0 Å². The first kappa shape index (κ1) is 13.9. The van der Waals surface area contributed by atoms with Crippen LogP contribution in [0, 0.1) is 6.92 Å². The highest BCUT2D eigenvalue weighted by Crippen LogP contribution is 2.27. The van der Waals surface area contributed by atoms with Gasteiger partial charge in [-0.15, -0.1) is 0 Å².